The molecule has 0 aromatic heterocycles. The van der Waals surface area contributed by atoms with Crippen LogP contribution in [0.25, 0.3) is 0 Å². The molecule has 1 aliphatic heterocycles. The molecule has 66 valence electrons. The van der Waals surface area contributed by atoms with Gasteiger partial charge in [0, 0.05) is 13.3 Å². The minimum atomic E-state index is 0. The summed E-state index contributed by atoms with van der Waals surface area (Å²) in [5, 5.41) is 1.52. The first-order valence-electron chi connectivity index (χ1n) is 4.06. The predicted octanol–water partition coefficient (Wildman–Crippen LogP) is -1.03. The molecule has 0 aliphatic carbocycles. The molecule has 11 heavy (non-hydrogen) atoms. The van der Waals surface area contributed by atoms with Crippen molar-refractivity contribution in [1.82, 2.24) is 0 Å². The topological polar surface area (TPSA) is 3.01 Å². The van der Waals surface area contributed by atoms with Gasteiger partial charge in [0.25, 0.3) is 0 Å². The van der Waals surface area contributed by atoms with Crippen molar-refractivity contribution in [2.45, 2.75) is 26.7 Å². The predicted molar refractivity (Wildman–Crippen MR) is 48.0 cm³/mol. The lowest BCUT2D eigenvalue weighted by Gasteiger charge is -1.95. The van der Waals surface area contributed by atoms with E-state index >= 15 is 0 Å². The van der Waals surface area contributed by atoms with Gasteiger partial charge >= 0.3 is 0 Å². The number of hydrogen-bond acceptors (Lipinski definition) is 1. The van der Waals surface area contributed by atoms with Gasteiger partial charge in [-0.3, -0.25) is 0 Å². The van der Waals surface area contributed by atoms with Crippen LogP contribution in [0.4, 0.5) is 0 Å². The Morgan fingerprint density at radius 3 is 2.73 bits per heavy atom. The normalized spacial score (nSPS) is 16.9. The molecule has 0 aromatic rings. The zero-order chi connectivity index (χ0) is 7.40. The summed E-state index contributed by atoms with van der Waals surface area (Å²) in [4.78, 5) is 0. The average molecular weight is 285 g/mol. The second kappa shape index (κ2) is 6.29. The van der Waals surface area contributed by atoms with E-state index in [-0.39, 0.29) is 24.0 Å². The van der Waals surface area contributed by atoms with Gasteiger partial charge in [0.05, 0.1) is 5.75 Å². The molecule has 1 nitrogen and oxygen atoms in total. The first kappa shape index (κ1) is 11.8. The molecular formula is C8H16INS. The Balaban J connectivity index is 0.000001000. The van der Waals surface area contributed by atoms with Gasteiger partial charge in [-0.15, -0.1) is 0 Å². The molecular weight excluding hydrogens is 269 g/mol. The van der Waals surface area contributed by atoms with Crippen LogP contribution in [0.1, 0.15) is 26.7 Å². The number of thioether (sulfide) groups is 1. The molecule has 0 radical (unpaired) electrons. The highest BCUT2D eigenvalue weighted by Crippen LogP contribution is 2.11. The summed E-state index contributed by atoms with van der Waals surface area (Å²) >= 11 is 2.00. The third kappa shape index (κ3) is 3.78. The van der Waals surface area contributed by atoms with Crippen molar-refractivity contribution in [3.8, 4) is 0 Å². The number of unbranched alkanes of at least 4 members (excludes halogenated alkanes) is 1. The molecule has 1 aliphatic rings. The molecule has 0 fully saturated rings. The summed E-state index contributed by atoms with van der Waals surface area (Å²) in [6, 6.07) is 0. The average Bonchev–Trinajstić information content (AvgIpc) is 2.31. The van der Waals surface area contributed by atoms with Crippen LogP contribution in [0.3, 0.4) is 0 Å². The molecule has 3 heteroatoms. The third-order valence-electron chi connectivity index (χ3n) is 1.90. The first-order valence-corrected chi connectivity index (χ1v) is 5.04. The van der Waals surface area contributed by atoms with Gasteiger partial charge in [0.1, 0.15) is 6.54 Å². The first-order chi connectivity index (χ1) is 4.84. The van der Waals surface area contributed by atoms with Crippen LogP contribution in [0.15, 0.2) is 0 Å². The van der Waals surface area contributed by atoms with Gasteiger partial charge in [-0.05, 0) is 0 Å². The lowest BCUT2D eigenvalue weighted by atomic mass is 10.3. The second-order valence-corrected chi connectivity index (χ2v) is 4.00. The Labute approximate surface area is 90.7 Å². The van der Waals surface area contributed by atoms with E-state index in [1.807, 2.05) is 11.8 Å². The maximum atomic E-state index is 2.49. The molecule has 0 unspecified atom stereocenters. The van der Waals surface area contributed by atoms with Gasteiger partial charge in [0.15, 0.2) is 6.54 Å². The summed E-state index contributed by atoms with van der Waals surface area (Å²) in [7, 11) is 0. The zero-order valence-electron chi connectivity index (χ0n) is 7.27. The zero-order valence-corrected chi connectivity index (χ0v) is 10.2. The molecule has 0 amide bonds. The fourth-order valence-electron chi connectivity index (χ4n) is 1.17. The minimum Gasteiger partial charge on any atom is -1.00 e. The summed E-state index contributed by atoms with van der Waals surface area (Å²) in [6.45, 7) is 7.03. The largest absolute Gasteiger partial charge is 1.00 e. The van der Waals surface area contributed by atoms with Crippen molar-refractivity contribution in [2.75, 3.05) is 18.8 Å². The highest BCUT2D eigenvalue weighted by atomic mass is 127. The Morgan fingerprint density at radius 1 is 1.55 bits per heavy atom. The van der Waals surface area contributed by atoms with Crippen LogP contribution in [-0.2, 0) is 0 Å². The van der Waals surface area contributed by atoms with Gasteiger partial charge in [0.2, 0.25) is 5.04 Å². The Kier molecular flexibility index (Phi) is 6.71. The maximum Gasteiger partial charge on any atom is 0.207 e. The lowest BCUT2D eigenvalue weighted by molar-refractivity contribution is -0.518. The van der Waals surface area contributed by atoms with Crippen molar-refractivity contribution in [1.29, 1.82) is 0 Å². The SMILES string of the molecule is CCCC[N+]1=C(C)SCC1.[I-]. The highest BCUT2D eigenvalue weighted by Gasteiger charge is 2.17. The van der Waals surface area contributed by atoms with Crippen molar-refractivity contribution >= 4 is 16.8 Å². The van der Waals surface area contributed by atoms with E-state index in [0.29, 0.717) is 0 Å². The van der Waals surface area contributed by atoms with Gasteiger partial charge in [-0.25, -0.2) is 4.58 Å². The standard InChI is InChI=1S/C8H16NS.HI/c1-3-4-5-9-6-7-10-8(9)2;/h3-7H2,1-2H3;1H/q+1;/p-1. The number of nitrogens with zero attached hydrogens (tertiary/aromatic N) is 1. The molecule has 0 saturated heterocycles. The van der Waals surface area contributed by atoms with Crippen molar-refractivity contribution < 1.29 is 28.6 Å². The number of hydrogen-bond donors (Lipinski definition) is 0. The molecule has 0 bridgehead atoms. The summed E-state index contributed by atoms with van der Waals surface area (Å²) in [5.41, 5.74) is 0. The van der Waals surface area contributed by atoms with Crippen molar-refractivity contribution in [3.05, 3.63) is 0 Å². The second-order valence-electron chi connectivity index (χ2n) is 2.71. The fourth-order valence-corrected chi connectivity index (χ4v) is 2.14. The Morgan fingerprint density at radius 2 is 2.27 bits per heavy atom. The lowest BCUT2D eigenvalue weighted by Crippen LogP contribution is -3.00. The minimum absolute atomic E-state index is 0. The van der Waals surface area contributed by atoms with Crippen LogP contribution < -0.4 is 24.0 Å². The van der Waals surface area contributed by atoms with Crippen LogP contribution in [0, 0.1) is 0 Å². The van der Waals surface area contributed by atoms with E-state index < -0.39 is 0 Å². The molecule has 0 saturated carbocycles. The van der Waals surface area contributed by atoms with Crippen molar-refractivity contribution in [3.63, 3.8) is 0 Å². The number of halogens is 1. The van der Waals surface area contributed by atoms with Crippen LogP contribution >= 0.6 is 11.8 Å². The van der Waals surface area contributed by atoms with E-state index in [2.05, 4.69) is 18.4 Å². The van der Waals surface area contributed by atoms with Crippen LogP contribution in [-0.4, -0.2) is 28.5 Å². The summed E-state index contributed by atoms with van der Waals surface area (Å²) in [5.74, 6) is 1.30. The Hall–Kier alpha value is 0.750. The quantitative estimate of drug-likeness (QED) is 0.473. The number of rotatable bonds is 3. The monoisotopic (exact) mass is 285 g/mol. The van der Waals surface area contributed by atoms with E-state index in [9.17, 15) is 0 Å². The molecule has 1 rings (SSSR count). The molecule has 0 atom stereocenters. The smallest absolute Gasteiger partial charge is 0.207 e. The van der Waals surface area contributed by atoms with E-state index in [4.69, 9.17) is 0 Å². The molecule has 0 aromatic carbocycles. The van der Waals surface area contributed by atoms with Gasteiger partial charge < -0.3 is 24.0 Å². The van der Waals surface area contributed by atoms with Gasteiger partial charge in [-0.2, -0.15) is 0 Å². The Bertz CT molecular complexity index is 145. The van der Waals surface area contributed by atoms with E-state index in [1.54, 1.807) is 0 Å². The van der Waals surface area contributed by atoms with Crippen LogP contribution in [0.2, 0.25) is 0 Å². The van der Waals surface area contributed by atoms with Crippen LogP contribution in [0.5, 0.6) is 0 Å². The maximum absolute atomic E-state index is 2.49. The molecule has 1 heterocycles. The third-order valence-corrected chi connectivity index (χ3v) is 2.96. The van der Waals surface area contributed by atoms with E-state index in [1.165, 1.54) is 36.7 Å². The molecule has 0 N–H and O–H groups in total. The van der Waals surface area contributed by atoms with E-state index in [0.717, 1.165) is 0 Å². The highest BCUT2D eigenvalue weighted by molar-refractivity contribution is 8.13. The molecule has 0 spiro atoms. The van der Waals surface area contributed by atoms with Crippen molar-refractivity contribution in [2.24, 2.45) is 0 Å². The van der Waals surface area contributed by atoms with Gasteiger partial charge in [-0.1, -0.05) is 25.1 Å². The fraction of sp³-hybridized carbons (Fsp3) is 0.875. The summed E-state index contributed by atoms with van der Waals surface area (Å²) < 4.78 is 2.49. The summed E-state index contributed by atoms with van der Waals surface area (Å²) in [6.07, 6.45) is 2.66.